The second-order valence-electron chi connectivity index (χ2n) is 8.91. The fourth-order valence-corrected chi connectivity index (χ4v) is 4.41. The Labute approximate surface area is 211 Å². The van der Waals surface area contributed by atoms with E-state index in [1.807, 2.05) is 37.3 Å². The van der Waals surface area contributed by atoms with Crippen molar-refractivity contribution in [3.05, 3.63) is 83.5 Å². The molecular formula is C29H30ClN3O2. The monoisotopic (exact) mass is 487 g/mol. The normalized spacial score (nSPS) is 11.2. The number of nitrogens with one attached hydrogen (secondary N) is 1. The molecule has 0 amide bonds. The molecule has 0 saturated carbocycles. The highest BCUT2D eigenvalue weighted by molar-refractivity contribution is 6.36. The predicted molar refractivity (Wildman–Crippen MR) is 144 cm³/mol. The number of carbonyl (C=O) groups is 1. The third kappa shape index (κ3) is 5.64. The van der Waals surface area contributed by atoms with Crippen molar-refractivity contribution in [1.29, 1.82) is 0 Å². The number of carbonyl (C=O) groups excluding carboxylic acids is 1. The Kier molecular flexibility index (Phi) is 7.69. The van der Waals surface area contributed by atoms with E-state index in [1.54, 1.807) is 12.3 Å². The minimum atomic E-state index is -0.0109. The van der Waals surface area contributed by atoms with Crippen LogP contribution < -0.4 is 4.74 Å². The molecule has 4 aromatic rings. The molecule has 35 heavy (non-hydrogen) atoms. The Bertz CT molecular complexity index is 1370. The van der Waals surface area contributed by atoms with Gasteiger partial charge in [0.1, 0.15) is 11.4 Å². The largest absolute Gasteiger partial charge is 0.494 e. The molecule has 0 atom stereocenters. The maximum Gasteiger partial charge on any atom is 0.159 e. The lowest BCUT2D eigenvalue weighted by atomic mass is 9.94. The molecule has 0 aliphatic rings. The molecule has 0 unspecified atom stereocenters. The number of fused-ring (bicyclic) bond motifs is 1. The average molecular weight is 488 g/mol. The summed E-state index contributed by atoms with van der Waals surface area (Å²) in [7, 11) is 4.11. The van der Waals surface area contributed by atoms with Gasteiger partial charge in [0.15, 0.2) is 5.78 Å². The number of nitrogens with zero attached hydrogens (tertiary/aromatic N) is 2. The second-order valence-corrected chi connectivity index (χ2v) is 9.32. The summed E-state index contributed by atoms with van der Waals surface area (Å²) in [6.45, 7) is 7.24. The summed E-state index contributed by atoms with van der Waals surface area (Å²) in [5.41, 5.74) is 6.54. The van der Waals surface area contributed by atoms with E-state index in [4.69, 9.17) is 16.3 Å². The number of halogens is 1. The summed E-state index contributed by atoms with van der Waals surface area (Å²) in [5, 5.41) is 1.47. The van der Waals surface area contributed by atoms with Gasteiger partial charge in [0.25, 0.3) is 0 Å². The number of benzene rings is 2. The molecule has 2 heterocycles. The molecule has 0 spiro atoms. The van der Waals surface area contributed by atoms with Crippen molar-refractivity contribution in [2.75, 3.05) is 27.2 Å². The topological polar surface area (TPSA) is 58.2 Å². The molecule has 180 valence electrons. The first-order valence-electron chi connectivity index (χ1n) is 11.7. The number of hydrogen-bond donors (Lipinski definition) is 1. The van der Waals surface area contributed by atoms with E-state index in [0.29, 0.717) is 23.7 Å². The first-order chi connectivity index (χ1) is 16.9. The molecule has 0 aliphatic heterocycles. The lowest BCUT2D eigenvalue weighted by Crippen LogP contribution is -2.15. The van der Waals surface area contributed by atoms with Gasteiger partial charge in [0, 0.05) is 35.7 Å². The van der Waals surface area contributed by atoms with Gasteiger partial charge >= 0.3 is 0 Å². The van der Waals surface area contributed by atoms with Crippen LogP contribution in [0.15, 0.2) is 67.4 Å². The van der Waals surface area contributed by atoms with E-state index in [-0.39, 0.29) is 5.78 Å². The molecule has 0 saturated heterocycles. The van der Waals surface area contributed by atoms with Gasteiger partial charge in [-0.2, -0.15) is 0 Å². The van der Waals surface area contributed by atoms with E-state index in [1.165, 1.54) is 6.08 Å². The summed E-state index contributed by atoms with van der Waals surface area (Å²) in [4.78, 5) is 22.2. The first kappa shape index (κ1) is 24.7. The maximum absolute atomic E-state index is 12.1. The third-order valence-corrected chi connectivity index (χ3v) is 6.33. The molecule has 0 fully saturated rings. The van der Waals surface area contributed by atoms with Crippen molar-refractivity contribution in [3.8, 4) is 28.1 Å². The van der Waals surface area contributed by atoms with Gasteiger partial charge in [-0.3, -0.25) is 4.79 Å². The van der Waals surface area contributed by atoms with E-state index in [2.05, 4.69) is 47.7 Å². The molecule has 2 aromatic carbocycles. The molecule has 1 N–H and O–H groups in total. The van der Waals surface area contributed by atoms with E-state index in [9.17, 15) is 4.79 Å². The zero-order valence-corrected chi connectivity index (χ0v) is 21.2. The highest BCUT2D eigenvalue weighted by Crippen LogP contribution is 2.41. The number of hydrogen-bond acceptors (Lipinski definition) is 4. The lowest BCUT2D eigenvalue weighted by Gasteiger charge is -2.12. The summed E-state index contributed by atoms with van der Waals surface area (Å²) in [6.07, 6.45) is 4.32. The summed E-state index contributed by atoms with van der Waals surface area (Å²) in [5.74, 6) is 0.800. The number of rotatable bonds is 10. The van der Waals surface area contributed by atoms with Crippen molar-refractivity contribution in [3.63, 3.8) is 0 Å². The average Bonchev–Trinajstić information content (AvgIpc) is 3.24. The van der Waals surface area contributed by atoms with E-state index < -0.39 is 0 Å². The zero-order valence-electron chi connectivity index (χ0n) is 20.4. The molecule has 6 heteroatoms. The van der Waals surface area contributed by atoms with Crippen LogP contribution in [0, 0.1) is 6.92 Å². The summed E-state index contributed by atoms with van der Waals surface area (Å²) < 4.78 is 6.02. The van der Waals surface area contributed by atoms with Gasteiger partial charge in [0.2, 0.25) is 0 Å². The molecule has 0 aliphatic carbocycles. The van der Waals surface area contributed by atoms with Gasteiger partial charge in [-0.05, 0) is 68.4 Å². The predicted octanol–water partition coefficient (Wildman–Crippen LogP) is 6.49. The van der Waals surface area contributed by atoms with E-state index >= 15 is 0 Å². The van der Waals surface area contributed by atoms with Crippen LogP contribution in [0.4, 0.5) is 0 Å². The highest BCUT2D eigenvalue weighted by Gasteiger charge is 2.19. The smallest absolute Gasteiger partial charge is 0.159 e. The van der Waals surface area contributed by atoms with Crippen molar-refractivity contribution < 1.29 is 9.53 Å². The molecular weight excluding hydrogens is 458 g/mol. The number of aromatic amines is 1. The Morgan fingerprint density at radius 1 is 1.17 bits per heavy atom. The van der Waals surface area contributed by atoms with Gasteiger partial charge in [-0.25, -0.2) is 4.98 Å². The Hall–Kier alpha value is -3.41. The maximum atomic E-state index is 12.1. The van der Waals surface area contributed by atoms with Crippen LogP contribution in [0.2, 0.25) is 5.02 Å². The molecule has 2 aromatic heterocycles. The van der Waals surface area contributed by atoms with Crippen molar-refractivity contribution >= 4 is 28.4 Å². The summed E-state index contributed by atoms with van der Waals surface area (Å²) in [6, 6.07) is 16.0. The number of aryl methyl sites for hydroxylation is 1. The minimum Gasteiger partial charge on any atom is -0.494 e. The molecule has 4 rings (SSSR count). The number of aromatic nitrogens is 2. The zero-order chi connectivity index (χ0) is 24.9. The first-order valence-corrected chi connectivity index (χ1v) is 12.0. The van der Waals surface area contributed by atoms with Gasteiger partial charge in [-0.15, -0.1) is 0 Å². The SMILES string of the molecule is C=CC(=O)Cc1cc(-c2c(-c3cccc(OCCCN(C)C)c3)[nH]c3nccc(Cl)c23)ccc1C. The van der Waals surface area contributed by atoms with Crippen LogP contribution in [0.25, 0.3) is 33.4 Å². The van der Waals surface area contributed by atoms with Gasteiger partial charge in [0.05, 0.1) is 17.3 Å². The van der Waals surface area contributed by atoms with Crippen molar-refractivity contribution in [2.45, 2.75) is 19.8 Å². The number of H-pyrrole nitrogens is 1. The third-order valence-electron chi connectivity index (χ3n) is 6.01. The fourth-order valence-electron chi connectivity index (χ4n) is 4.17. The van der Waals surface area contributed by atoms with Crippen molar-refractivity contribution in [1.82, 2.24) is 14.9 Å². The number of pyridine rings is 1. The standard InChI is InChI=1S/C29H30ClN3O2/c1-5-23(34)17-22-16-20(11-10-19(22)2)26-27-25(30)12-13-31-29(27)32-28(26)21-8-6-9-24(18-21)35-15-7-14-33(3)4/h5-6,8-13,16,18H,1,7,14-15,17H2,2-4H3,(H,31,32). The second kappa shape index (κ2) is 10.9. The quantitative estimate of drug-likeness (QED) is 0.205. The van der Waals surface area contributed by atoms with Crippen LogP contribution in [0.3, 0.4) is 0 Å². The summed E-state index contributed by atoms with van der Waals surface area (Å²) >= 11 is 6.68. The Morgan fingerprint density at radius 3 is 2.77 bits per heavy atom. The van der Waals surface area contributed by atoms with Crippen LogP contribution in [-0.2, 0) is 11.2 Å². The minimum absolute atomic E-state index is 0.0109. The van der Waals surface area contributed by atoms with E-state index in [0.717, 1.165) is 57.6 Å². The highest BCUT2D eigenvalue weighted by atomic mass is 35.5. The van der Waals surface area contributed by atoms with Crippen LogP contribution in [0.1, 0.15) is 17.5 Å². The Morgan fingerprint density at radius 2 is 2.00 bits per heavy atom. The van der Waals surface area contributed by atoms with Crippen LogP contribution in [-0.4, -0.2) is 47.9 Å². The fraction of sp³-hybridized carbons (Fsp3) is 0.241. The Balaban J connectivity index is 1.80. The number of ketones is 1. The molecule has 0 bridgehead atoms. The van der Waals surface area contributed by atoms with Crippen molar-refractivity contribution in [2.24, 2.45) is 0 Å². The van der Waals surface area contributed by atoms with Gasteiger partial charge in [-0.1, -0.05) is 48.5 Å². The number of ether oxygens (including phenoxy) is 1. The number of allylic oxidation sites excluding steroid dienone is 1. The van der Waals surface area contributed by atoms with Crippen LogP contribution >= 0.6 is 11.6 Å². The van der Waals surface area contributed by atoms with Gasteiger partial charge < -0.3 is 14.6 Å². The lowest BCUT2D eigenvalue weighted by molar-refractivity contribution is -0.114. The molecule has 0 radical (unpaired) electrons. The van der Waals surface area contributed by atoms with Crippen LogP contribution in [0.5, 0.6) is 5.75 Å². The molecule has 5 nitrogen and oxygen atoms in total.